The average Bonchev–Trinajstić information content (AvgIpc) is 3.20. The number of nitrogens with zero attached hydrogens (tertiary/aromatic N) is 1. The molecule has 1 atom stereocenters. The molecule has 0 aliphatic carbocycles. The molecule has 2 N–H and O–H groups in total. The first kappa shape index (κ1) is 20.4. The highest BCUT2D eigenvalue weighted by Gasteiger charge is 2.34. The van der Waals surface area contributed by atoms with Crippen LogP contribution in [0.4, 0.5) is 25.0 Å². The van der Waals surface area contributed by atoms with E-state index >= 15 is 0 Å². The molecule has 2 aromatic rings. The molecule has 0 saturated carbocycles. The summed E-state index contributed by atoms with van der Waals surface area (Å²) < 4.78 is 37.2. The number of ether oxygens (including phenoxy) is 2. The molecule has 1 fully saturated rings. The van der Waals surface area contributed by atoms with Gasteiger partial charge in [-0.05, 0) is 25.0 Å². The number of urea groups is 1. The van der Waals surface area contributed by atoms with Crippen molar-refractivity contribution in [2.75, 3.05) is 31.4 Å². The minimum absolute atomic E-state index is 0.153. The monoisotopic (exact) mass is 405 g/mol. The molecule has 7 nitrogen and oxygen atoms in total. The Bertz CT molecular complexity index is 900. The number of methoxy groups -OCH3 is 2. The lowest BCUT2D eigenvalue weighted by atomic mass is 10.2. The number of benzene rings is 2. The summed E-state index contributed by atoms with van der Waals surface area (Å²) in [6.07, 6.45) is 1.09. The normalized spacial score (nSPS) is 15.7. The molecule has 0 radical (unpaired) electrons. The molecule has 1 saturated heterocycles. The lowest BCUT2D eigenvalue weighted by Gasteiger charge is -2.24. The van der Waals surface area contributed by atoms with Gasteiger partial charge in [0.05, 0.1) is 19.9 Å². The molecule has 0 unspecified atom stereocenters. The van der Waals surface area contributed by atoms with Gasteiger partial charge in [-0.1, -0.05) is 0 Å². The van der Waals surface area contributed by atoms with Crippen molar-refractivity contribution in [3.05, 3.63) is 48.0 Å². The van der Waals surface area contributed by atoms with Crippen LogP contribution in [-0.4, -0.2) is 43.6 Å². The van der Waals surface area contributed by atoms with Crippen molar-refractivity contribution < 1.29 is 27.8 Å². The molecule has 3 rings (SSSR count). The molecule has 154 valence electrons. The van der Waals surface area contributed by atoms with E-state index in [4.69, 9.17) is 9.47 Å². The molecule has 0 spiro atoms. The number of carbonyl (C=O) groups is 2. The van der Waals surface area contributed by atoms with E-state index in [1.54, 1.807) is 18.2 Å². The van der Waals surface area contributed by atoms with Crippen LogP contribution in [0.25, 0.3) is 0 Å². The molecule has 1 aliphatic rings. The Labute approximate surface area is 166 Å². The van der Waals surface area contributed by atoms with Crippen LogP contribution in [0.2, 0.25) is 0 Å². The third-order valence-electron chi connectivity index (χ3n) is 4.61. The number of carbonyl (C=O) groups excluding carboxylic acids is 2. The van der Waals surface area contributed by atoms with E-state index in [0.717, 1.165) is 12.1 Å². The first-order valence-electron chi connectivity index (χ1n) is 8.98. The first-order chi connectivity index (χ1) is 13.9. The first-order valence-corrected chi connectivity index (χ1v) is 8.98. The predicted molar refractivity (Wildman–Crippen MR) is 103 cm³/mol. The quantitative estimate of drug-likeness (QED) is 0.796. The van der Waals surface area contributed by atoms with Crippen molar-refractivity contribution in [3.8, 4) is 11.5 Å². The van der Waals surface area contributed by atoms with Crippen molar-refractivity contribution in [3.63, 3.8) is 0 Å². The van der Waals surface area contributed by atoms with E-state index in [1.165, 1.54) is 19.1 Å². The highest BCUT2D eigenvalue weighted by molar-refractivity contribution is 5.99. The van der Waals surface area contributed by atoms with Gasteiger partial charge >= 0.3 is 6.03 Å². The van der Waals surface area contributed by atoms with Gasteiger partial charge in [-0.2, -0.15) is 0 Å². The van der Waals surface area contributed by atoms with Crippen LogP contribution in [0.3, 0.4) is 0 Å². The zero-order valence-corrected chi connectivity index (χ0v) is 16.0. The fourth-order valence-electron chi connectivity index (χ4n) is 3.17. The summed E-state index contributed by atoms with van der Waals surface area (Å²) in [4.78, 5) is 26.6. The summed E-state index contributed by atoms with van der Waals surface area (Å²) in [5.74, 6) is -0.998. The van der Waals surface area contributed by atoms with Gasteiger partial charge in [-0.15, -0.1) is 0 Å². The largest absolute Gasteiger partial charge is 0.497 e. The van der Waals surface area contributed by atoms with Crippen LogP contribution < -0.4 is 20.1 Å². The van der Waals surface area contributed by atoms with Crippen molar-refractivity contribution in [1.82, 2.24) is 4.90 Å². The van der Waals surface area contributed by atoms with Crippen LogP contribution >= 0.6 is 0 Å². The van der Waals surface area contributed by atoms with Gasteiger partial charge in [0.25, 0.3) is 0 Å². The summed E-state index contributed by atoms with van der Waals surface area (Å²) in [7, 11) is 3.00. The Hall–Kier alpha value is -3.36. The highest BCUT2D eigenvalue weighted by Crippen LogP contribution is 2.27. The van der Waals surface area contributed by atoms with Gasteiger partial charge in [0.1, 0.15) is 29.2 Å². The second kappa shape index (κ2) is 8.76. The van der Waals surface area contributed by atoms with Gasteiger partial charge < -0.3 is 25.0 Å². The predicted octanol–water partition coefficient (Wildman–Crippen LogP) is 3.62. The molecule has 9 heteroatoms. The van der Waals surface area contributed by atoms with E-state index in [2.05, 4.69) is 10.6 Å². The Morgan fingerprint density at radius 2 is 1.72 bits per heavy atom. The third kappa shape index (κ3) is 4.74. The zero-order chi connectivity index (χ0) is 21.0. The number of hydrogen-bond donors (Lipinski definition) is 2. The number of halogens is 2. The standard InChI is InChI=1S/C20H21F2N3O4/c1-28-14-9-13(10-15(11-14)29-2)23-19(26)18-4-3-7-25(18)20(27)24-17-6-5-12(21)8-16(17)22/h5-6,8-11,18H,3-4,7H2,1-2H3,(H,23,26)(H,24,27)/t18-/m0/s1. The van der Waals surface area contributed by atoms with Crippen LogP contribution in [-0.2, 0) is 4.79 Å². The van der Waals surface area contributed by atoms with Crippen LogP contribution in [0, 0.1) is 11.6 Å². The molecule has 0 aromatic heterocycles. The Kier molecular flexibility index (Phi) is 6.16. The molecule has 2 aromatic carbocycles. The van der Waals surface area contributed by atoms with Gasteiger partial charge in [0.2, 0.25) is 5.91 Å². The number of rotatable bonds is 5. The summed E-state index contributed by atoms with van der Waals surface area (Å²) >= 11 is 0. The minimum Gasteiger partial charge on any atom is -0.497 e. The molecular formula is C20H21F2N3O4. The summed E-state index contributed by atoms with van der Waals surface area (Å²) in [6.45, 7) is 0.341. The van der Waals surface area contributed by atoms with E-state index in [1.807, 2.05) is 0 Å². The molecule has 29 heavy (non-hydrogen) atoms. The fourth-order valence-corrected chi connectivity index (χ4v) is 3.17. The Morgan fingerprint density at radius 1 is 1.03 bits per heavy atom. The van der Waals surface area contributed by atoms with Gasteiger partial charge in [0.15, 0.2) is 0 Å². The van der Waals surface area contributed by atoms with Gasteiger partial charge in [-0.25, -0.2) is 13.6 Å². The summed E-state index contributed by atoms with van der Waals surface area (Å²) in [5, 5.41) is 5.15. The van der Waals surface area contributed by atoms with Crippen molar-refractivity contribution in [2.24, 2.45) is 0 Å². The van der Waals surface area contributed by atoms with Gasteiger partial charge in [-0.3, -0.25) is 4.79 Å². The second-order valence-electron chi connectivity index (χ2n) is 6.50. The Morgan fingerprint density at radius 3 is 2.34 bits per heavy atom. The maximum Gasteiger partial charge on any atom is 0.322 e. The maximum atomic E-state index is 13.8. The highest BCUT2D eigenvalue weighted by atomic mass is 19.1. The molecule has 0 bridgehead atoms. The van der Waals surface area contributed by atoms with Gasteiger partial charge in [0, 0.05) is 36.5 Å². The van der Waals surface area contributed by atoms with Crippen molar-refractivity contribution >= 4 is 23.3 Å². The summed E-state index contributed by atoms with van der Waals surface area (Å²) in [5.41, 5.74) is 0.308. The van der Waals surface area contributed by atoms with Crippen molar-refractivity contribution in [2.45, 2.75) is 18.9 Å². The van der Waals surface area contributed by atoms with Crippen LogP contribution in [0.1, 0.15) is 12.8 Å². The molecule has 1 heterocycles. The lowest BCUT2D eigenvalue weighted by Crippen LogP contribution is -2.45. The fraction of sp³-hybridized carbons (Fsp3) is 0.300. The average molecular weight is 405 g/mol. The topological polar surface area (TPSA) is 79.9 Å². The number of nitrogens with one attached hydrogen (secondary N) is 2. The maximum absolute atomic E-state index is 13.8. The molecule has 3 amide bonds. The minimum atomic E-state index is -0.887. The molecular weight excluding hydrogens is 384 g/mol. The smallest absolute Gasteiger partial charge is 0.322 e. The van der Waals surface area contributed by atoms with E-state index < -0.39 is 23.7 Å². The van der Waals surface area contributed by atoms with Crippen molar-refractivity contribution in [1.29, 1.82) is 0 Å². The third-order valence-corrected chi connectivity index (χ3v) is 4.61. The lowest BCUT2D eigenvalue weighted by molar-refractivity contribution is -0.119. The van der Waals surface area contributed by atoms with E-state index in [0.29, 0.717) is 42.6 Å². The number of anilines is 2. The van der Waals surface area contributed by atoms with E-state index in [9.17, 15) is 18.4 Å². The number of amides is 3. The number of likely N-dealkylation sites (tertiary alicyclic amines) is 1. The Balaban J connectivity index is 1.71. The SMILES string of the molecule is COc1cc(NC(=O)[C@@H]2CCCN2C(=O)Nc2ccc(F)cc2F)cc(OC)c1. The zero-order valence-electron chi connectivity index (χ0n) is 16.0. The van der Waals surface area contributed by atoms with E-state index in [-0.39, 0.29) is 11.6 Å². The van der Waals surface area contributed by atoms with Crippen LogP contribution in [0.5, 0.6) is 11.5 Å². The summed E-state index contributed by atoms with van der Waals surface area (Å²) in [6, 6.07) is 6.44. The molecule has 1 aliphatic heterocycles. The van der Waals surface area contributed by atoms with Crippen LogP contribution in [0.15, 0.2) is 36.4 Å². The number of hydrogen-bond acceptors (Lipinski definition) is 4. The second-order valence-corrected chi connectivity index (χ2v) is 6.50.